The lowest BCUT2D eigenvalue weighted by atomic mass is 10.0. The third-order valence-corrected chi connectivity index (χ3v) is 4.23. The quantitative estimate of drug-likeness (QED) is 0.431. The third kappa shape index (κ3) is 2.14. The van der Waals surface area contributed by atoms with Crippen LogP contribution in [-0.4, -0.2) is 0 Å². The topological polar surface area (TPSA) is 30.2 Å². The third-order valence-electron chi connectivity index (χ3n) is 3.74. The Kier molecular flexibility index (Phi) is 3.09. The van der Waals surface area contributed by atoms with Crippen molar-refractivity contribution in [2.45, 2.75) is 0 Å². The van der Waals surface area contributed by atoms with Gasteiger partial charge in [0.2, 0.25) is 5.43 Å². The molecule has 0 saturated carbocycles. The molecule has 2 nitrogen and oxygen atoms in total. The normalized spacial score (nSPS) is 11.1. The molecule has 106 valence electrons. The number of rotatable bonds is 1. The number of fused-ring (bicyclic) bond motifs is 2. The Hall–Kier alpha value is -2.39. The first-order valence-corrected chi connectivity index (χ1v) is 7.73. The number of hydrogen-bond donors (Lipinski definition) is 0. The van der Waals surface area contributed by atoms with Gasteiger partial charge in [-0.3, -0.25) is 4.79 Å². The van der Waals surface area contributed by atoms with Crippen LogP contribution in [0.25, 0.3) is 33.1 Å². The molecule has 4 aromatic rings. The zero-order valence-electron chi connectivity index (χ0n) is 11.5. The largest absolute Gasteiger partial charge is 0.456 e. The average Bonchev–Trinajstić information content (AvgIpc) is 2.55. The summed E-state index contributed by atoms with van der Waals surface area (Å²) in [4.78, 5) is 12.5. The van der Waals surface area contributed by atoms with E-state index in [-0.39, 0.29) is 5.43 Å². The second-order valence-electron chi connectivity index (χ2n) is 5.15. The maximum Gasteiger partial charge on any atom is 0.200 e. The Balaban J connectivity index is 2.02. The van der Waals surface area contributed by atoms with E-state index in [1.54, 1.807) is 6.07 Å². The summed E-state index contributed by atoms with van der Waals surface area (Å²) < 4.78 is 6.93. The molecule has 0 fully saturated rings. The van der Waals surface area contributed by atoms with Crippen molar-refractivity contribution in [1.29, 1.82) is 0 Å². The van der Waals surface area contributed by atoms with E-state index in [1.165, 1.54) is 0 Å². The maximum atomic E-state index is 12.5. The van der Waals surface area contributed by atoms with Crippen LogP contribution in [0.15, 0.2) is 80.4 Å². The molecule has 3 heteroatoms. The zero-order valence-corrected chi connectivity index (χ0v) is 13.1. The van der Waals surface area contributed by atoms with Crippen LogP contribution in [0.5, 0.6) is 0 Å². The van der Waals surface area contributed by atoms with E-state index >= 15 is 0 Å². The summed E-state index contributed by atoms with van der Waals surface area (Å²) in [6.07, 6.45) is 0. The molecule has 0 radical (unpaired) electrons. The Morgan fingerprint density at radius 3 is 2.36 bits per heavy atom. The van der Waals surface area contributed by atoms with Crippen molar-refractivity contribution in [1.82, 2.24) is 0 Å². The van der Waals surface area contributed by atoms with Crippen LogP contribution in [0.1, 0.15) is 0 Å². The smallest absolute Gasteiger partial charge is 0.200 e. The minimum atomic E-state index is 0.0117. The van der Waals surface area contributed by atoms with E-state index < -0.39 is 0 Å². The molecule has 0 spiro atoms. The van der Waals surface area contributed by atoms with Crippen LogP contribution in [0.4, 0.5) is 0 Å². The van der Waals surface area contributed by atoms with Crippen molar-refractivity contribution in [2.75, 3.05) is 0 Å². The summed E-state index contributed by atoms with van der Waals surface area (Å²) >= 11 is 3.48. The lowest BCUT2D eigenvalue weighted by molar-refractivity contribution is 0.660. The SMILES string of the molecule is O=c1c2ccccc2oc2cc(-c3cccc(Br)c3)ccc12. The molecule has 0 bridgehead atoms. The van der Waals surface area contributed by atoms with E-state index in [2.05, 4.69) is 15.9 Å². The van der Waals surface area contributed by atoms with E-state index in [4.69, 9.17) is 4.42 Å². The fourth-order valence-corrected chi connectivity index (χ4v) is 3.05. The van der Waals surface area contributed by atoms with Crippen LogP contribution >= 0.6 is 15.9 Å². The average molecular weight is 351 g/mol. The van der Waals surface area contributed by atoms with Gasteiger partial charge in [0.1, 0.15) is 11.2 Å². The highest BCUT2D eigenvalue weighted by Gasteiger charge is 2.08. The molecule has 0 amide bonds. The molecule has 1 aromatic heterocycles. The van der Waals surface area contributed by atoms with E-state index in [9.17, 15) is 4.79 Å². The van der Waals surface area contributed by atoms with Gasteiger partial charge in [0.15, 0.2) is 0 Å². The minimum Gasteiger partial charge on any atom is -0.456 e. The van der Waals surface area contributed by atoms with Crippen molar-refractivity contribution in [3.63, 3.8) is 0 Å². The fraction of sp³-hybridized carbons (Fsp3) is 0. The van der Waals surface area contributed by atoms with E-state index in [1.807, 2.05) is 60.7 Å². The predicted molar refractivity (Wildman–Crippen MR) is 93.1 cm³/mol. The van der Waals surface area contributed by atoms with Gasteiger partial charge in [0, 0.05) is 4.47 Å². The summed E-state index contributed by atoms with van der Waals surface area (Å²) in [6.45, 7) is 0. The number of para-hydroxylation sites is 1. The van der Waals surface area contributed by atoms with E-state index in [0.717, 1.165) is 15.6 Å². The minimum absolute atomic E-state index is 0.0117. The monoisotopic (exact) mass is 350 g/mol. The molecule has 22 heavy (non-hydrogen) atoms. The predicted octanol–water partition coefficient (Wildman–Crippen LogP) is 5.38. The summed E-state index contributed by atoms with van der Waals surface area (Å²) in [7, 11) is 0. The maximum absolute atomic E-state index is 12.5. The van der Waals surface area contributed by atoms with Crippen molar-refractivity contribution in [2.24, 2.45) is 0 Å². The van der Waals surface area contributed by atoms with Crippen molar-refractivity contribution in [3.05, 3.63) is 81.4 Å². The van der Waals surface area contributed by atoms with Gasteiger partial charge < -0.3 is 4.42 Å². The summed E-state index contributed by atoms with van der Waals surface area (Å²) in [6, 6.07) is 21.1. The molecule has 0 saturated heterocycles. The van der Waals surface area contributed by atoms with Gasteiger partial charge >= 0.3 is 0 Å². The molecule has 3 aromatic carbocycles. The molecule has 0 atom stereocenters. The molecule has 0 aliphatic heterocycles. The molecule has 4 rings (SSSR count). The lowest BCUT2D eigenvalue weighted by Crippen LogP contribution is -2.01. The molecular weight excluding hydrogens is 340 g/mol. The van der Waals surface area contributed by atoms with Gasteiger partial charge in [-0.2, -0.15) is 0 Å². The molecule has 0 N–H and O–H groups in total. The molecule has 0 aliphatic rings. The highest BCUT2D eigenvalue weighted by atomic mass is 79.9. The second kappa shape index (κ2) is 5.11. The molecule has 1 heterocycles. The first kappa shape index (κ1) is 13.3. The van der Waals surface area contributed by atoms with Gasteiger partial charge in [-0.15, -0.1) is 0 Å². The van der Waals surface area contributed by atoms with Crippen LogP contribution in [0.3, 0.4) is 0 Å². The Morgan fingerprint density at radius 1 is 0.727 bits per heavy atom. The molecule has 0 unspecified atom stereocenters. The van der Waals surface area contributed by atoms with Crippen LogP contribution in [0.2, 0.25) is 0 Å². The van der Waals surface area contributed by atoms with Gasteiger partial charge in [-0.1, -0.05) is 46.3 Å². The summed E-state index contributed by atoms with van der Waals surface area (Å²) in [5, 5.41) is 1.22. The van der Waals surface area contributed by atoms with Crippen LogP contribution < -0.4 is 5.43 Å². The highest BCUT2D eigenvalue weighted by Crippen LogP contribution is 2.27. The van der Waals surface area contributed by atoms with Crippen molar-refractivity contribution >= 4 is 37.9 Å². The molecule has 0 aliphatic carbocycles. The Morgan fingerprint density at radius 2 is 1.50 bits per heavy atom. The zero-order chi connectivity index (χ0) is 15.1. The van der Waals surface area contributed by atoms with Crippen LogP contribution in [-0.2, 0) is 0 Å². The number of halogens is 1. The highest BCUT2D eigenvalue weighted by molar-refractivity contribution is 9.10. The standard InChI is InChI=1S/C19H11BrO2/c20-14-5-3-4-12(10-14)13-8-9-16-18(11-13)22-17-7-2-1-6-15(17)19(16)21/h1-11H. The number of benzene rings is 3. The second-order valence-corrected chi connectivity index (χ2v) is 6.06. The van der Waals surface area contributed by atoms with Crippen LogP contribution in [0, 0.1) is 0 Å². The first-order chi connectivity index (χ1) is 10.7. The van der Waals surface area contributed by atoms with Crippen molar-refractivity contribution < 1.29 is 4.42 Å². The van der Waals surface area contributed by atoms with Gasteiger partial charge in [0.05, 0.1) is 10.8 Å². The first-order valence-electron chi connectivity index (χ1n) is 6.94. The van der Waals surface area contributed by atoms with Crippen molar-refractivity contribution in [3.8, 4) is 11.1 Å². The van der Waals surface area contributed by atoms with E-state index in [0.29, 0.717) is 21.9 Å². The fourth-order valence-electron chi connectivity index (χ4n) is 2.65. The van der Waals surface area contributed by atoms with Gasteiger partial charge in [0.25, 0.3) is 0 Å². The summed E-state index contributed by atoms with van der Waals surface area (Å²) in [5.41, 5.74) is 3.34. The Bertz CT molecular complexity index is 1060. The lowest BCUT2D eigenvalue weighted by Gasteiger charge is -2.05. The van der Waals surface area contributed by atoms with Gasteiger partial charge in [-0.25, -0.2) is 0 Å². The summed E-state index contributed by atoms with van der Waals surface area (Å²) in [5.74, 6) is 0. The Labute approximate surface area is 135 Å². The number of hydrogen-bond acceptors (Lipinski definition) is 2. The van der Waals surface area contributed by atoms with Gasteiger partial charge in [-0.05, 0) is 47.5 Å². The molecular formula is C19H11BrO2.